The first-order valence-electron chi connectivity index (χ1n) is 9.68. The van der Waals surface area contributed by atoms with Crippen LogP contribution in [0.1, 0.15) is 37.6 Å². The Kier molecular flexibility index (Phi) is 5.06. The van der Waals surface area contributed by atoms with Crippen LogP contribution in [0.2, 0.25) is 0 Å². The minimum Gasteiger partial charge on any atom is -0.321 e. The van der Waals surface area contributed by atoms with Gasteiger partial charge in [0.25, 0.3) is 0 Å². The molecular weight excluding hydrogens is 346 g/mol. The third-order valence-corrected chi connectivity index (χ3v) is 4.89. The Bertz CT molecular complexity index is 1030. The molecule has 3 aromatic heterocycles. The van der Waals surface area contributed by atoms with Crippen LogP contribution >= 0.6 is 0 Å². The Morgan fingerprint density at radius 2 is 1.89 bits per heavy atom. The van der Waals surface area contributed by atoms with Gasteiger partial charge in [-0.15, -0.1) is 0 Å². The van der Waals surface area contributed by atoms with Crippen molar-refractivity contribution in [1.29, 1.82) is 0 Å². The molecule has 0 aliphatic heterocycles. The van der Waals surface area contributed by atoms with Crippen LogP contribution in [0.5, 0.6) is 0 Å². The number of imidazole rings is 1. The van der Waals surface area contributed by atoms with Crippen molar-refractivity contribution in [2.45, 2.75) is 33.2 Å². The van der Waals surface area contributed by atoms with E-state index in [1.54, 1.807) is 0 Å². The molecule has 0 saturated carbocycles. The molecule has 0 amide bonds. The van der Waals surface area contributed by atoms with Crippen molar-refractivity contribution in [1.82, 2.24) is 24.7 Å². The highest BCUT2D eigenvalue weighted by Gasteiger charge is 2.24. The number of H-pyrrole nitrogens is 1. The summed E-state index contributed by atoms with van der Waals surface area (Å²) in [5.41, 5.74) is 6.19. The van der Waals surface area contributed by atoms with Crippen molar-refractivity contribution in [3.63, 3.8) is 0 Å². The molecule has 0 bridgehead atoms. The first kappa shape index (κ1) is 18.2. The number of hydrogen-bond donors (Lipinski definition) is 1. The summed E-state index contributed by atoms with van der Waals surface area (Å²) in [7, 11) is 0. The van der Waals surface area contributed by atoms with Gasteiger partial charge in [0.1, 0.15) is 5.69 Å². The maximum absolute atomic E-state index is 4.81. The zero-order chi connectivity index (χ0) is 19.5. The fourth-order valence-corrected chi connectivity index (χ4v) is 3.63. The maximum atomic E-state index is 4.81. The lowest BCUT2D eigenvalue weighted by molar-refractivity contribution is 0.453. The lowest BCUT2D eigenvalue weighted by Gasteiger charge is -2.23. The molecule has 142 valence electrons. The predicted molar refractivity (Wildman–Crippen MR) is 112 cm³/mol. The summed E-state index contributed by atoms with van der Waals surface area (Å²) < 4.78 is 2.26. The van der Waals surface area contributed by atoms with E-state index in [9.17, 15) is 0 Å². The van der Waals surface area contributed by atoms with E-state index in [-0.39, 0.29) is 6.04 Å². The second kappa shape index (κ2) is 7.80. The van der Waals surface area contributed by atoms with Gasteiger partial charge in [0.15, 0.2) is 0 Å². The van der Waals surface area contributed by atoms with Gasteiger partial charge in [-0.3, -0.25) is 10.1 Å². The van der Waals surface area contributed by atoms with Crippen LogP contribution in [0.4, 0.5) is 0 Å². The van der Waals surface area contributed by atoms with E-state index in [0.29, 0.717) is 5.92 Å². The number of nitrogens with zero attached hydrogens (tertiary/aromatic N) is 4. The van der Waals surface area contributed by atoms with E-state index in [1.165, 1.54) is 5.56 Å². The van der Waals surface area contributed by atoms with Crippen molar-refractivity contribution in [3.8, 4) is 22.6 Å². The summed E-state index contributed by atoms with van der Waals surface area (Å²) in [4.78, 5) is 9.17. The maximum Gasteiger partial charge on any atom is 0.111 e. The smallest absolute Gasteiger partial charge is 0.111 e. The predicted octanol–water partition coefficient (Wildman–Crippen LogP) is 5.28. The van der Waals surface area contributed by atoms with E-state index in [0.717, 1.165) is 34.8 Å². The molecule has 0 fully saturated rings. The lowest BCUT2D eigenvalue weighted by Crippen LogP contribution is -2.14. The van der Waals surface area contributed by atoms with E-state index in [1.807, 2.05) is 49.9 Å². The molecule has 28 heavy (non-hydrogen) atoms. The highest BCUT2D eigenvalue weighted by Crippen LogP contribution is 2.36. The second-order valence-corrected chi connectivity index (χ2v) is 7.58. The molecule has 0 radical (unpaired) electrons. The molecule has 5 nitrogen and oxygen atoms in total. The third-order valence-electron chi connectivity index (χ3n) is 4.89. The molecule has 0 spiro atoms. The molecule has 0 aliphatic rings. The third kappa shape index (κ3) is 3.60. The second-order valence-electron chi connectivity index (χ2n) is 7.58. The van der Waals surface area contributed by atoms with Crippen molar-refractivity contribution in [2.24, 2.45) is 5.92 Å². The largest absolute Gasteiger partial charge is 0.321 e. The summed E-state index contributed by atoms with van der Waals surface area (Å²) in [5, 5.41) is 7.64. The molecule has 1 aromatic carbocycles. The standard InChI is InChI=1S/C23H25N5/c1-16(2)12-21(19-10-7-11-24-14-19)28-15-25-22(18-8-5-4-6-9-18)23(28)20-13-17(3)26-27-20/h4-11,13-16,21H,12H2,1-3H3,(H,26,27). The van der Waals surface area contributed by atoms with Gasteiger partial charge < -0.3 is 4.57 Å². The van der Waals surface area contributed by atoms with Gasteiger partial charge in [0.05, 0.1) is 23.8 Å². The highest BCUT2D eigenvalue weighted by molar-refractivity contribution is 5.77. The van der Waals surface area contributed by atoms with Gasteiger partial charge in [-0.05, 0) is 37.0 Å². The van der Waals surface area contributed by atoms with Crippen molar-refractivity contribution < 1.29 is 0 Å². The molecule has 1 N–H and O–H groups in total. The molecule has 0 saturated heterocycles. The van der Waals surface area contributed by atoms with Crippen LogP contribution in [0.25, 0.3) is 22.6 Å². The molecule has 1 atom stereocenters. The van der Waals surface area contributed by atoms with Crippen molar-refractivity contribution >= 4 is 0 Å². The van der Waals surface area contributed by atoms with Gasteiger partial charge >= 0.3 is 0 Å². The summed E-state index contributed by atoms with van der Waals surface area (Å²) in [6.07, 6.45) is 6.71. The van der Waals surface area contributed by atoms with Gasteiger partial charge in [0, 0.05) is 23.7 Å². The molecule has 3 heterocycles. The first-order valence-corrected chi connectivity index (χ1v) is 9.68. The van der Waals surface area contributed by atoms with Crippen LogP contribution in [-0.2, 0) is 0 Å². The Morgan fingerprint density at radius 1 is 1.07 bits per heavy atom. The number of aromatic amines is 1. The quantitative estimate of drug-likeness (QED) is 0.502. The van der Waals surface area contributed by atoms with Crippen molar-refractivity contribution in [3.05, 3.63) is 78.5 Å². The summed E-state index contributed by atoms with van der Waals surface area (Å²) in [5.74, 6) is 0.529. The first-order chi connectivity index (χ1) is 13.6. The van der Waals surface area contributed by atoms with Gasteiger partial charge in [0.2, 0.25) is 0 Å². The summed E-state index contributed by atoms with van der Waals surface area (Å²) >= 11 is 0. The van der Waals surface area contributed by atoms with Gasteiger partial charge in [-0.25, -0.2) is 4.98 Å². The number of pyridine rings is 1. The number of benzene rings is 1. The Balaban J connectivity index is 1.91. The Morgan fingerprint density at radius 3 is 2.54 bits per heavy atom. The van der Waals surface area contributed by atoms with E-state index >= 15 is 0 Å². The van der Waals surface area contributed by atoms with Crippen LogP contribution in [0, 0.1) is 12.8 Å². The number of aryl methyl sites for hydroxylation is 1. The molecule has 4 aromatic rings. The van der Waals surface area contributed by atoms with Crippen molar-refractivity contribution in [2.75, 3.05) is 0 Å². The fraction of sp³-hybridized carbons (Fsp3) is 0.261. The van der Waals surface area contributed by atoms with Gasteiger partial charge in [-0.2, -0.15) is 5.10 Å². The van der Waals surface area contributed by atoms with Gasteiger partial charge in [-0.1, -0.05) is 50.2 Å². The summed E-state index contributed by atoms with van der Waals surface area (Å²) in [6, 6.07) is 16.7. The molecule has 4 rings (SSSR count). The molecular formula is C23H25N5. The molecule has 0 aliphatic carbocycles. The zero-order valence-electron chi connectivity index (χ0n) is 16.5. The van der Waals surface area contributed by atoms with Crippen LogP contribution in [0.15, 0.2) is 67.3 Å². The van der Waals surface area contributed by atoms with E-state index < -0.39 is 0 Å². The SMILES string of the molecule is Cc1cc(-c2c(-c3ccccc3)ncn2C(CC(C)C)c2cccnc2)n[nH]1. The number of hydrogen-bond acceptors (Lipinski definition) is 3. The van der Waals surface area contributed by atoms with E-state index in [4.69, 9.17) is 4.98 Å². The van der Waals surface area contributed by atoms with E-state index in [2.05, 4.69) is 57.9 Å². The monoisotopic (exact) mass is 371 g/mol. The molecule has 1 unspecified atom stereocenters. The Hall–Kier alpha value is -3.21. The topological polar surface area (TPSA) is 59.4 Å². The number of rotatable bonds is 6. The normalized spacial score (nSPS) is 12.4. The van der Waals surface area contributed by atoms with Crippen LogP contribution in [0.3, 0.4) is 0 Å². The lowest BCUT2D eigenvalue weighted by atomic mass is 9.97. The Labute approximate surface area is 165 Å². The van der Waals surface area contributed by atoms with Crippen LogP contribution in [-0.4, -0.2) is 24.7 Å². The number of nitrogens with one attached hydrogen (secondary N) is 1. The minimum atomic E-state index is 0.144. The zero-order valence-corrected chi connectivity index (χ0v) is 16.5. The average Bonchev–Trinajstić information content (AvgIpc) is 3.33. The fourth-order valence-electron chi connectivity index (χ4n) is 3.63. The summed E-state index contributed by atoms with van der Waals surface area (Å²) in [6.45, 7) is 6.51. The average molecular weight is 371 g/mol. The minimum absolute atomic E-state index is 0.144. The molecule has 5 heteroatoms. The highest BCUT2D eigenvalue weighted by atomic mass is 15.2. The number of aromatic nitrogens is 5. The van der Waals surface area contributed by atoms with Crippen LogP contribution < -0.4 is 0 Å².